The fourth-order valence-electron chi connectivity index (χ4n) is 2.34. The van der Waals surface area contributed by atoms with Crippen LogP contribution in [0, 0.1) is 0 Å². The molecular weight excluding hydrogens is 316 g/mol. The van der Waals surface area contributed by atoms with Crippen molar-refractivity contribution in [2.24, 2.45) is 0 Å². The number of anilines is 3. The summed E-state index contributed by atoms with van der Waals surface area (Å²) in [4.78, 5) is 8.74. The highest BCUT2D eigenvalue weighted by Crippen LogP contribution is 2.31. The number of methoxy groups -OCH3 is 2. The molecule has 0 aliphatic heterocycles. The minimum absolute atomic E-state index is 0.552. The number of nitrogens with one attached hydrogen (secondary N) is 2. The van der Waals surface area contributed by atoms with Crippen molar-refractivity contribution in [3.63, 3.8) is 0 Å². The summed E-state index contributed by atoms with van der Waals surface area (Å²) in [5, 5.41) is 6.46. The van der Waals surface area contributed by atoms with E-state index < -0.39 is 0 Å². The zero-order valence-electron chi connectivity index (χ0n) is 14.2. The van der Waals surface area contributed by atoms with Crippen LogP contribution in [0.3, 0.4) is 0 Å². The Labute approximate surface area is 146 Å². The molecule has 0 aliphatic rings. The summed E-state index contributed by atoms with van der Waals surface area (Å²) in [6, 6.07) is 17.5. The van der Waals surface area contributed by atoms with E-state index in [1.165, 1.54) is 5.56 Å². The molecule has 25 heavy (non-hydrogen) atoms. The molecule has 1 aromatic heterocycles. The van der Waals surface area contributed by atoms with Crippen LogP contribution in [0.25, 0.3) is 0 Å². The molecule has 0 bridgehead atoms. The Morgan fingerprint density at radius 2 is 1.80 bits per heavy atom. The third-order valence-corrected chi connectivity index (χ3v) is 3.62. The molecule has 6 nitrogen and oxygen atoms in total. The maximum absolute atomic E-state index is 5.38. The monoisotopic (exact) mass is 336 g/mol. The number of aromatic nitrogens is 2. The first-order chi connectivity index (χ1) is 12.3. The highest BCUT2D eigenvalue weighted by Gasteiger charge is 2.07. The van der Waals surface area contributed by atoms with Crippen LogP contribution in [-0.4, -0.2) is 24.2 Å². The molecule has 0 amide bonds. The third kappa shape index (κ3) is 4.38. The van der Waals surface area contributed by atoms with E-state index in [1.54, 1.807) is 26.5 Å². The van der Waals surface area contributed by atoms with Crippen molar-refractivity contribution in [1.82, 2.24) is 9.97 Å². The van der Waals surface area contributed by atoms with Gasteiger partial charge in [0.2, 0.25) is 5.95 Å². The van der Waals surface area contributed by atoms with E-state index in [1.807, 2.05) is 36.4 Å². The molecule has 0 atom stereocenters. The molecule has 0 unspecified atom stereocenters. The van der Waals surface area contributed by atoms with Gasteiger partial charge in [-0.1, -0.05) is 30.3 Å². The molecule has 0 aliphatic carbocycles. The van der Waals surface area contributed by atoms with E-state index in [0.717, 1.165) is 11.4 Å². The average Bonchev–Trinajstić information content (AvgIpc) is 2.67. The fraction of sp³-hybridized carbons (Fsp3) is 0.158. The second kappa shape index (κ2) is 8.01. The van der Waals surface area contributed by atoms with E-state index in [2.05, 4.69) is 32.7 Å². The van der Waals surface area contributed by atoms with Crippen molar-refractivity contribution >= 4 is 17.5 Å². The van der Waals surface area contributed by atoms with Crippen molar-refractivity contribution in [3.8, 4) is 11.5 Å². The predicted molar refractivity (Wildman–Crippen MR) is 98.6 cm³/mol. The second-order valence-corrected chi connectivity index (χ2v) is 5.30. The zero-order chi connectivity index (χ0) is 17.5. The first kappa shape index (κ1) is 16.6. The van der Waals surface area contributed by atoms with Gasteiger partial charge in [-0.25, -0.2) is 4.98 Å². The van der Waals surface area contributed by atoms with Gasteiger partial charge in [-0.15, -0.1) is 0 Å². The van der Waals surface area contributed by atoms with E-state index >= 15 is 0 Å². The van der Waals surface area contributed by atoms with Crippen LogP contribution in [0.4, 0.5) is 17.5 Å². The smallest absolute Gasteiger partial charge is 0.224 e. The summed E-state index contributed by atoms with van der Waals surface area (Å²) in [7, 11) is 3.25. The number of nitrogens with zero attached hydrogens (tertiary/aromatic N) is 2. The van der Waals surface area contributed by atoms with Gasteiger partial charge in [0, 0.05) is 18.8 Å². The minimum Gasteiger partial charge on any atom is -0.497 e. The number of benzene rings is 2. The molecule has 0 saturated heterocycles. The number of ether oxygens (including phenoxy) is 2. The Hall–Kier alpha value is -3.28. The quantitative estimate of drug-likeness (QED) is 0.683. The molecule has 3 rings (SSSR count). The van der Waals surface area contributed by atoms with Gasteiger partial charge in [-0.3, -0.25) is 0 Å². The molecule has 0 saturated carbocycles. The Morgan fingerprint density at radius 1 is 0.960 bits per heavy atom. The van der Waals surface area contributed by atoms with Gasteiger partial charge in [0.1, 0.15) is 17.3 Å². The Balaban J connectivity index is 1.73. The lowest BCUT2D eigenvalue weighted by Crippen LogP contribution is -2.05. The summed E-state index contributed by atoms with van der Waals surface area (Å²) < 4.78 is 10.6. The Morgan fingerprint density at radius 3 is 2.56 bits per heavy atom. The SMILES string of the molecule is COc1ccc(OC)c(Nc2ccnc(NCc3ccccc3)n2)c1. The maximum Gasteiger partial charge on any atom is 0.224 e. The van der Waals surface area contributed by atoms with Crippen molar-refractivity contribution < 1.29 is 9.47 Å². The first-order valence-electron chi connectivity index (χ1n) is 7.88. The van der Waals surface area contributed by atoms with Gasteiger partial charge in [-0.2, -0.15) is 4.98 Å². The van der Waals surface area contributed by atoms with Crippen LogP contribution in [-0.2, 0) is 6.54 Å². The topological polar surface area (TPSA) is 68.3 Å². The van der Waals surface area contributed by atoms with Gasteiger partial charge in [0.15, 0.2) is 0 Å². The number of rotatable bonds is 7. The third-order valence-electron chi connectivity index (χ3n) is 3.62. The van der Waals surface area contributed by atoms with Crippen LogP contribution in [0.5, 0.6) is 11.5 Å². The van der Waals surface area contributed by atoms with Gasteiger partial charge < -0.3 is 20.1 Å². The lowest BCUT2D eigenvalue weighted by Gasteiger charge is -2.13. The number of hydrogen-bond acceptors (Lipinski definition) is 6. The standard InChI is InChI=1S/C19H20N4O2/c1-24-15-8-9-17(25-2)16(12-15)22-18-10-11-20-19(23-18)21-13-14-6-4-3-5-7-14/h3-12H,13H2,1-2H3,(H2,20,21,22,23). The minimum atomic E-state index is 0.552. The largest absolute Gasteiger partial charge is 0.497 e. The highest BCUT2D eigenvalue weighted by atomic mass is 16.5. The molecule has 1 heterocycles. The van der Waals surface area contributed by atoms with Crippen LogP contribution in [0.1, 0.15) is 5.56 Å². The molecule has 0 fully saturated rings. The lowest BCUT2D eigenvalue weighted by atomic mass is 10.2. The van der Waals surface area contributed by atoms with Crippen LogP contribution >= 0.6 is 0 Å². The summed E-state index contributed by atoms with van der Waals surface area (Å²) >= 11 is 0. The van der Waals surface area contributed by atoms with Crippen molar-refractivity contribution in [3.05, 3.63) is 66.4 Å². The summed E-state index contributed by atoms with van der Waals surface area (Å²) in [6.07, 6.45) is 1.70. The molecular formula is C19H20N4O2. The lowest BCUT2D eigenvalue weighted by molar-refractivity contribution is 0.405. The highest BCUT2D eigenvalue weighted by molar-refractivity contribution is 5.66. The molecule has 3 aromatic rings. The molecule has 0 spiro atoms. The van der Waals surface area contributed by atoms with E-state index in [9.17, 15) is 0 Å². The summed E-state index contributed by atoms with van der Waals surface area (Å²) in [5.41, 5.74) is 1.94. The normalized spacial score (nSPS) is 10.2. The van der Waals surface area contributed by atoms with Gasteiger partial charge in [0.25, 0.3) is 0 Å². The summed E-state index contributed by atoms with van der Waals surface area (Å²) in [5.74, 6) is 2.66. The van der Waals surface area contributed by atoms with Crippen LogP contribution in [0.2, 0.25) is 0 Å². The van der Waals surface area contributed by atoms with Gasteiger partial charge >= 0.3 is 0 Å². The molecule has 6 heteroatoms. The Bertz CT molecular complexity index is 825. The van der Waals surface area contributed by atoms with Crippen LogP contribution < -0.4 is 20.1 Å². The zero-order valence-corrected chi connectivity index (χ0v) is 14.2. The predicted octanol–water partition coefficient (Wildman–Crippen LogP) is 3.85. The van der Waals surface area contributed by atoms with Crippen molar-refractivity contribution in [2.45, 2.75) is 6.54 Å². The Kier molecular flexibility index (Phi) is 5.31. The van der Waals surface area contributed by atoms with Crippen molar-refractivity contribution in [2.75, 3.05) is 24.9 Å². The van der Waals surface area contributed by atoms with E-state index in [0.29, 0.717) is 24.1 Å². The van der Waals surface area contributed by atoms with E-state index in [4.69, 9.17) is 9.47 Å². The average molecular weight is 336 g/mol. The molecule has 2 aromatic carbocycles. The molecule has 0 radical (unpaired) electrons. The second-order valence-electron chi connectivity index (χ2n) is 5.30. The summed E-state index contributed by atoms with van der Waals surface area (Å²) in [6.45, 7) is 0.659. The van der Waals surface area contributed by atoms with E-state index in [-0.39, 0.29) is 0 Å². The maximum atomic E-state index is 5.38. The fourth-order valence-corrected chi connectivity index (χ4v) is 2.34. The molecule has 2 N–H and O–H groups in total. The molecule has 128 valence electrons. The van der Waals surface area contributed by atoms with Gasteiger partial charge in [0.05, 0.1) is 19.9 Å². The van der Waals surface area contributed by atoms with Crippen LogP contribution in [0.15, 0.2) is 60.8 Å². The van der Waals surface area contributed by atoms with Crippen molar-refractivity contribution in [1.29, 1.82) is 0 Å². The first-order valence-corrected chi connectivity index (χ1v) is 7.88. The van der Waals surface area contributed by atoms with Gasteiger partial charge in [-0.05, 0) is 23.8 Å². The number of hydrogen-bond donors (Lipinski definition) is 2.